The zero-order valence-electron chi connectivity index (χ0n) is 11.1. The zero-order valence-corrected chi connectivity index (χ0v) is 11.9. The Morgan fingerprint density at radius 2 is 2.00 bits per heavy atom. The van der Waals surface area contributed by atoms with Gasteiger partial charge in [-0.3, -0.25) is 4.90 Å². The highest BCUT2D eigenvalue weighted by Crippen LogP contribution is 2.30. The molecule has 2 fully saturated rings. The van der Waals surface area contributed by atoms with Crippen molar-refractivity contribution in [2.75, 3.05) is 25.0 Å². The Hall–Kier alpha value is -1.27. The third-order valence-electron chi connectivity index (χ3n) is 4.36. The van der Waals surface area contributed by atoms with Gasteiger partial charge in [-0.05, 0) is 26.3 Å². The minimum absolute atomic E-state index is 0.325. The van der Waals surface area contributed by atoms with Gasteiger partial charge in [-0.2, -0.15) is 0 Å². The van der Waals surface area contributed by atoms with Gasteiger partial charge >= 0.3 is 0 Å². The van der Waals surface area contributed by atoms with Crippen LogP contribution in [0.25, 0.3) is 0 Å². The Morgan fingerprint density at radius 1 is 1.26 bits per heavy atom. The maximum atomic E-state index is 5.76. The molecular formula is C13H19N5S. The molecule has 1 aromatic heterocycles. The van der Waals surface area contributed by atoms with Gasteiger partial charge < -0.3 is 10.6 Å². The summed E-state index contributed by atoms with van der Waals surface area (Å²) < 4.78 is 0. The molecule has 1 aromatic rings. The second kappa shape index (κ2) is 5.02. The Labute approximate surface area is 118 Å². The van der Waals surface area contributed by atoms with Gasteiger partial charge in [-0.25, -0.2) is 9.97 Å². The zero-order chi connectivity index (χ0) is 13.4. The normalized spacial score (nSPS) is 27.3. The van der Waals surface area contributed by atoms with E-state index >= 15 is 0 Å². The Balaban J connectivity index is 1.89. The molecule has 2 unspecified atom stereocenters. The second-order valence-corrected chi connectivity index (χ2v) is 5.82. The van der Waals surface area contributed by atoms with E-state index in [-0.39, 0.29) is 0 Å². The Kier molecular flexibility index (Phi) is 3.36. The Bertz CT molecular complexity index is 492. The van der Waals surface area contributed by atoms with E-state index in [1.165, 1.54) is 19.3 Å². The van der Waals surface area contributed by atoms with Crippen molar-refractivity contribution in [2.45, 2.75) is 31.3 Å². The lowest BCUT2D eigenvalue weighted by atomic mass is 10.1. The lowest BCUT2D eigenvalue weighted by molar-refractivity contribution is 0.254. The molecule has 6 heteroatoms. The first-order valence-electron chi connectivity index (χ1n) is 6.74. The minimum atomic E-state index is 0.325. The molecule has 0 aromatic carbocycles. The summed E-state index contributed by atoms with van der Waals surface area (Å²) in [5.74, 6) is 0.843. The van der Waals surface area contributed by atoms with Gasteiger partial charge in [-0.1, -0.05) is 12.2 Å². The van der Waals surface area contributed by atoms with E-state index in [4.69, 9.17) is 18.0 Å². The van der Waals surface area contributed by atoms with Gasteiger partial charge in [0.2, 0.25) is 0 Å². The maximum Gasteiger partial charge on any atom is 0.157 e. The first-order chi connectivity index (χ1) is 9.16. The topological polar surface area (TPSA) is 58.3 Å². The number of nitrogens with zero attached hydrogens (tertiary/aromatic N) is 4. The van der Waals surface area contributed by atoms with Gasteiger partial charge in [-0.15, -0.1) is 0 Å². The fourth-order valence-electron chi connectivity index (χ4n) is 3.24. The average Bonchev–Trinajstić information content (AvgIpc) is 2.63. The van der Waals surface area contributed by atoms with E-state index < -0.39 is 0 Å². The fourth-order valence-corrected chi connectivity index (χ4v) is 3.38. The molecule has 2 N–H and O–H groups in total. The van der Waals surface area contributed by atoms with Crippen molar-refractivity contribution in [3.63, 3.8) is 0 Å². The van der Waals surface area contributed by atoms with Crippen LogP contribution in [0.2, 0.25) is 0 Å². The van der Waals surface area contributed by atoms with E-state index in [0.29, 0.717) is 22.8 Å². The van der Waals surface area contributed by atoms with Crippen molar-refractivity contribution in [2.24, 2.45) is 5.73 Å². The summed E-state index contributed by atoms with van der Waals surface area (Å²) >= 11 is 5.08. The molecule has 2 atom stereocenters. The quantitative estimate of drug-likeness (QED) is 0.806. The predicted molar refractivity (Wildman–Crippen MR) is 79.3 cm³/mol. The largest absolute Gasteiger partial charge is 0.388 e. The smallest absolute Gasteiger partial charge is 0.157 e. The molecule has 0 amide bonds. The summed E-state index contributed by atoms with van der Waals surface area (Å²) in [4.78, 5) is 13.9. The summed E-state index contributed by atoms with van der Waals surface area (Å²) in [6.07, 6.45) is 7.11. The summed E-state index contributed by atoms with van der Waals surface area (Å²) in [5.41, 5.74) is 6.41. The number of nitrogens with two attached hydrogens (primary N) is 1. The van der Waals surface area contributed by atoms with Crippen LogP contribution in [0.15, 0.2) is 12.4 Å². The molecule has 19 heavy (non-hydrogen) atoms. The van der Waals surface area contributed by atoms with E-state index in [0.717, 1.165) is 18.9 Å². The number of likely N-dealkylation sites (N-methyl/N-ethyl adjacent to an activating group) is 1. The highest BCUT2D eigenvalue weighted by molar-refractivity contribution is 7.80. The molecule has 0 aliphatic carbocycles. The van der Waals surface area contributed by atoms with Crippen LogP contribution >= 0.6 is 12.2 Å². The van der Waals surface area contributed by atoms with Crippen molar-refractivity contribution in [1.82, 2.24) is 14.9 Å². The first kappa shape index (κ1) is 12.7. The number of fused-ring (bicyclic) bond motifs is 2. The molecule has 5 nitrogen and oxygen atoms in total. The number of aromatic nitrogens is 2. The van der Waals surface area contributed by atoms with Gasteiger partial charge in [0.25, 0.3) is 0 Å². The predicted octanol–water partition coefficient (Wildman–Crippen LogP) is 0.784. The van der Waals surface area contributed by atoms with Crippen LogP contribution in [0.1, 0.15) is 25.0 Å². The van der Waals surface area contributed by atoms with Crippen molar-refractivity contribution >= 4 is 23.0 Å². The standard InChI is InChI=1S/C13H19N5S/c1-17-9-2-3-10(17)8-18(7-4-9)13-11(12(14)19)15-5-6-16-13/h5-6,9-10H,2-4,7-8H2,1H3,(H2,14,19). The molecule has 0 saturated carbocycles. The number of thiocarbonyl (C=S) groups is 1. The van der Waals surface area contributed by atoms with Crippen LogP contribution in [0.3, 0.4) is 0 Å². The molecule has 2 aliphatic rings. The second-order valence-electron chi connectivity index (χ2n) is 5.38. The maximum absolute atomic E-state index is 5.76. The molecular weight excluding hydrogens is 258 g/mol. The Morgan fingerprint density at radius 3 is 2.79 bits per heavy atom. The van der Waals surface area contributed by atoms with Gasteiger partial charge in [0.1, 0.15) is 10.7 Å². The molecule has 0 radical (unpaired) electrons. The van der Waals surface area contributed by atoms with Crippen molar-refractivity contribution in [3.05, 3.63) is 18.1 Å². The van der Waals surface area contributed by atoms with E-state index in [9.17, 15) is 0 Å². The molecule has 2 bridgehead atoms. The summed E-state index contributed by atoms with van der Waals surface area (Å²) in [5, 5.41) is 0. The molecule has 102 valence electrons. The molecule has 2 saturated heterocycles. The van der Waals surface area contributed by atoms with Gasteiger partial charge in [0.05, 0.1) is 0 Å². The number of rotatable bonds is 2. The third kappa shape index (κ3) is 2.30. The molecule has 3 rings (SSSR count). The first-order valence-corrected chi connectivity index (χ1v) is 7.15. The minimum Gasteiger partial charge on any atom is -0.388 e. The highest BCUT2D eigenvalue weighted by atomic mass is 32.1. The third-order valence-corrected chi connectivity index (χ3v) is 4.55. The van der Waals surface area contributed by atoms with Crippen molar-refractivity contribution in [1.29, 1.82) is 0 Å². The molecule has 3 heterocycles. The van der Waals surface area contributed by atoms with Crippen molar-refractivity contribution in [3.8, 4) is 0 Å². The van der Waals surface area contributed by atoms with Gasteiger partial charge in [0.15, 0.2) is 5.82 Å². The van der Waals surface area contributed by atoms with Crippen LogP contribution in [-0.4, -0.2) is 52.1 Å². The summed E-state index contributed by atoms with van der Waals surface area (Å²) in [7, 11) is 2.23. The van der Waals surface area contributed by atoms with E-state index in [1.54, 1.807) is 12.4 Å². The van der Waals surface area contributed by atoms with Crippen LogP contribution in [0, 0.1) is 0 Å². The highest BCUT2D eigenvalue weighted by Gasteiger charge is 2.35. The van der Waals surface area contributed by atoms with Crippen molar-refractivity contribution < 1.29 is 0 Å². The fraction of sp³-hybridized carbons (Fsp3) is 0.615. The van der Waals surface area contributed by atoms with E-state index in [2.05, 4.69) is 26.8 Å². The number of hydrogen-bond donors (Lipinski definition) is 1. The number of hydrogen-bond acceptors (Lipinski definition) is 5. The summed E-state index contributed by atoms with van der Waals surface area (Å²) in [6.45, 7) is 1.99. The van der Waals surface area contributed by atoms with E-state index in [1.807, 2.05) is 0 Å². The van der Waals surface area contributed by atoms with Crippen LogP contribution in [0.4, 0.5) is 5.82 Å². The summed E-state index contributed by atoms with van der Waals surface area (Å²) in [6, 6.07) is 1.31. The van der Waals surface area contributed by atoms with Crippen LogP contribution < -0.4 is 10.6 Å². The van der Waals surface area contributed by atoms with Crippen LogP contribution in [0.5, 0.6) is 0 Å². The average molecular weight is 277 g/mol. The van der Waals surface area contributed by atoms with Gasteiger partial charge in [0, 0.05) is 37.6 Å². The molecule has 2 aliphatic heterocycles. The molecule has 0 spiro atoms. The SMILES string of the molecule is CN1C2CCC1CN(c1nccnc1C(N)=S)CC2. The number of anilines is 1. The lowest BCUT2D eigenvalue weighted by Crippen LogP contribution is -2.38. The lowest BCUT2D eigenvalue weighted by Gasteiger charge is -2.27. The monoisotopic (exact) mass is 277 g/mol. The van der Waals surface area contributed by atoms with Crippen LogP contribution in [-0.2, 0) is 0 Å².